The molecular weight excluding hydrogens is 168 g/mol. The molecule has 1 saturated heterocycles. The van der Waals surface area contributed by atoms with Crippen molar-refractivity contribution in [2.45, 2.75) is 24.9 Å². The summed E-state index contributed by atoms with van der Waals surface area (Å²) in [6, 6.07) is 0. The van der Waals surface area contributed by atoms with Gasteiger partial charge in [0.15, 0.2) is 0 Å². The highest BCUT2D eigenvalue weighted by molar-refractivity contribution is 5.77. The third kappa shape index (κ3) is 1.63. The summed E-state index contributed by atoms with van der Waals surface area (Å²) in [7, 11) is 3.79. The molecule has 0 atom stereocenters. The molecule has 0 saturated carbocycles. The van der Waals surface area contributed by atoms with Crippen LogP contribution in [0, 0.1) is 0 Å². The van der Waals surface area contributed by atoms with Crippen molar-refractivity contribution in [1.29, 1.82) is 0 Å². The average molecular weight is 184 g/mol. The van der Waals surface area contributed by atoms with E-state index >= 15 is 0 Å². The maximum atomic E-state index is 5.47. The molecular formula is C9H16N2O2. The molecule has 1 fully saturated rings. The van der Waals surface area contributed by atoms with E-state index in [0.717, 1.165) is 38.2 Å². The number of piperidine rings is 1. The summed E-state index contributed by atoms with van der Waals surface area (Å²) in [6.07, 6.45) is 2.96. The molecule has 0 aromatic heterocycles. The van der Waals surface area contributed by atoms with Crippen LogP contribution in [-0.2, 0) is 9.57 Å². The first kappa shape index (κ1) is 8.81. The molecule has 0 unspecified atom stereocenters. The monoisotopic (exact) mass is 184 g/mol. The van der Waals surface area contributed by atoms with Gasteiger partial charge < -0.3 is 14.5 Å². The minimum atomic E-state index is -0.0438. The van der Waals surface area contributed by atoms with Crippen molar-refractivity contribution in [1.82, 2.24) is 4.90 Å². The number of rotatable bonds is 0. The van der Waals surface area contributed by atoms with Crippen LogP contribution >= 0.6 is 0 Å². The molecule has 0 bridgehead atoms. The van der Waals surface area contributed by atoms with Crippen molar-refractivity contribution in [2.75, 3.05) is 27.2 Å². The zero-order valence-electron chi connectivity index (χ0n) is 8.25. The highest BCUT2D eigenvalue weighted by atomic mass is 16.7. The van der Waals surface area contributed by atoms with Gasteiger partial charge in [-0.05, 0) is 7.05 Å². The smallest absolute Gasteiger partial charge is 0.229 e. The van der Waals surface area contributed by atoms with Crippen molar-refractivity contribution < 1.29 is 9.57 Å². The SMILES string of the molecule is COC1=NOC2(CCN(C)CC2)C1. The van der Waals surface area contributed by atoms with Crippen LogP contribution < -0.4 is 0 Å². The fourth-order valence-corrected chi connectivity index (χ4v) is 1.89. The number of hydrogen-bond donors (Lipinski definition) is 0. The summed E-state index contributed by atoms with van der Waals surface area (Å²) in [6.45, 7) is 2.18. The zero-order valence-corrected chi connectivity index (χ0v) is 8.25. The van der Waals surface area contributed by atoms with Gasteiger partial charge in [-0.1, -0.05) is 5.16 Å². The van der Waals surface area contributed by atoms with E-state index in [1.807, 2.05) is 0 Å². The van der Waals surface area contributed by atoms with Crippen LogP contribution in [0.3, 0.4) is 0 Å². The van der Waals surface area contributed by atoms with Gasteiger partial charge in [0.2, 0.25) is 5.90 Å². The third-order valence-electron chi connectivity index (χ3n) is 2.95. The van der Waals surface area contributed by atoms with Crippen LogP contribution in [0.5, 0.6) is 0 Å². The minimum absolute atomic E-state index is 0.0438. The van der Waals surface area contributed by atoms with Gasteiger partial charge in [0, 0.05) is 25.9 Å². The molecule has 0 aromatic rings. The largest absolute Gasteiger partial charge is 0.482 e. The Morgan fingerprint density at radius 3 is 2.69 bits per heavy atom. The van der Waals surface area contributed by atoms with Crippen molar-refractivity contribution in [3.63, 3.8) is 0 Å². The minimum Gasteiger partial charge on any atom is -0.482 e. The zero-order chi connectivity index (χ0) is 9.31. The topological polar surface area (TPSA) is 34.1 Å². The van der Waals surface area contributed by atoms with Gasteiger partial charge in [-0.2, -0.15) is 0 Å². The maximum absolute atomic E-state index is 5.47. The van der Waals surface area contributed by atoms with E-state index in [1.165, 1.54) is 0 Å². The summed E-state index contributed by atoms with van der Waals surface area (Å²) in [5.74, 6) is 0.740. The fourth-order valence-electron chi connectivity index (χ4n) is 1.89. The van der Waals surface area contributed by atoms with E-state index in [2.05, 4.69) is 17.1 Å². The number of likely N-dealkylation sites (tertiary alicyclic amines) is 1. The second-order valence-corrected chi connectivity index (χ2v) is 3.94. The molecule has 1 spiro atoms. The van der Waals surface area contributed by atoms with E-state index in [-0.39, 0.29) is 5.60 Å². The Kier molecular flexibility index (Phi) is 2.15. The van der Waals surface area contributed by atoms with Crippen LogP contribution in [0.25, 0.3) is 0 Å². The molecule has 0 amide bonds. The predicted octanol–water partition coefficient (Wildman–Crippen LogP) is 0.831. The van der Waals surface area contributed by atoms with Gasteiger partial charge in [0.25, 0.3) is 0 Å². The quantitative estimate of drug-likeness (QED) is 0.559. The number of nitrogens with zero attached hydrogens (tertiary/aromatic N) is 2. The van der Waals surface area contributed by atoms with Gasteiger partial charge in [-0.3, -0.25) is 0 Å². The normalized spacial score (nSPS) is 27.1. The number of oxime groups is 1. The van der Waals surface area contributed by atoms with Gasteiger partial charge >= 0.3 is 0 Å². The Balaban J connectivity index is 1.94. The molecule has 0 aromatic carbocycles. The van der Waals surface area contributed by atoms with Gasteiger partial charge in [-0.25, -0.2) is 0 Å². The van der Waals surface area contributed by atoms with Gasteiger partial charge in [0.05, 0.1) is 13.5 Å². The van der Waals surface area contributed by atoms with E-state index in [1.54, 1.807) is 7.11 Å². The molecule has 2 heterocycles. The van der Waals surface area contributed by atoms with E-state index in [4.69, 9.17) is 9.57 Å². The van der Waals surface area contributed by atoms with E-state index in [9.17, 15) is 0 Å². The molecule has 2 rings (SSSR count). The average Bonchev–Trinajstić information content (AvgIpc) is 2.55. The molecule has 4 heteroatoms. The molecule has 4 nitrogen and oxygen atoms in total. The second-order valence-electron chi connectivity index (χ2n) is 3.94. The molecule has 0 radical (unpaired) electrons. The fraction of sp³-hybridized carbons (Fsp3) is 0.889. The number of ether oxygens (including phenoxy) is 1. The number of hydrogen-bond acceptors (Lipinski definition) is 4. The van der Waals surface area contributed by atoms with Crippen molar-refractivity contribution >= 4 is 5.90 Å². The molecule has 0 aliphatic carbocycles. The van der Waals surface area contributed by atoms with Crippen LogP contribution in [-0.4, -0.2) is 43.6 Å². The summed E-state index contributed by atoms with van der Waals surface area (Å²) in [4.78, 5) is 7.79. The van der Waals surface area contributed by atoms with E-state index < -0.39 is 0 Å². The Morgan fingerprint density at radius 1 is 1.46 bits per heavy atom. The highest BCUT2D eigenvalue weighted by Gasteiger charge is 2.41. The first-order valence-corrected chi connectivity index (χ1v) is 4.72. The van der Waals surface area contributed by atoms with Crippen LogP contribution in [0.1, 0.15) is 19.3 Å². The lowest BCUT2D eigenvalue weighted by Crippen LogP contribution is -2.42. The van der Waals surface area contributed by atoms with Crippen LogP contribution in [0.2, 0.25) is 0 Å². The molecule has 0 N–H and O–H groups in total. The number of methoxy groups -OCH3 is 1. The lowest BCUT2D eigenvalue weighted by molar-refractivity contribution is -0.0578. The first-order valence-electron chi connectivity index (χ1n) is 4.72. The highest BCUT2D eigenvalue weighted by Crippen LogP contribution is 2.34. The molecule has 2 aliphatic heterocycles. The molecule has 2 aliphatic rings. The maximum Gasteiger partial charge on any atom is 0.229 e. The van der Waals surface area contributed by atoms with E-state index in [0.29, 0.717) is 0 Å². The van der Waals surface area contributed by atoms with Gasteiger partial charge in [-0.15, -0.1) is 0 Å². The Hall–Kier alpha value is -0.770. The Bertz CT molecular complexity index is 220. The molecule has 13 heavy (non-hydrogen) atoms. The predicted molar refractivity (Wildman–Crippen MR) is 49.6 cm³/mol. The lowest BCUT2D eigenvalue weighted by atomic mass is 9.89. The van der Waals surface area contributed by atoms with Crippen LogP contribution in [0.15, 0.2) is 5.16 Å². The van der Waals surface area contributed by atoms with Crippen LogP contribution in [0.4, 0.5) is 0 Å². The molecule has 74 valence electrons. The standard InChI is InChI=1S/C9H16N2O2/c1-11-5-3-9(4-6-11)7-8(12-2)10-13-9/h3-7H2,1-2H3. The Morgan fingerprint density at radius 2 is 2.15 bits per heavy atom. The first-order chi connectivity index (χ1) is 6.24. The third-order valence-corrected chi connectivity index (χ3v) is 2.95. The second kappa shape index (κ2) is 3.18. The summed E-state index contributed by atoms with van der Waals surface area (Å²) < 4.78 is 5.08. The Labute approximate surface area is 78.5 Å². The summed E-state index contributed by atoms with van der Waals surface area (Å²) >= 11 is 0. The van der Waals surface area contributed by atoms with Gasteiger partial charge in [0.1, 0.15) is 5.60 Å². The summed E-state index contributed by atoms with van der Waals surface area (Å²) in [5.41, 5.74) is -0.0438. The lowest BCUT2D eigenvalue weighted by Gasteiger charge is -2.34. The summed E-state index contributed by atoms with van der Waals surface area (Å²) in [5, 5.41) is 3.93. The van der Waals surface area contributed by atoms with Crippen molar-refractivity contribution in [2.24, 2.45) is 5.16 Å². The van der Waals surface area contributed by atoms with Crippen molar-refractivity contribution in [3.05, 3.63) is 0 Å². The van der Waals surface area contributed by atoms with Crippen molar-refractivity contribution in [3.8, 4) is 0 Å².